The lowest BCUT2D eigenvalue weighted by Gasteiger charge is -2.27. The van der Waals surface area contributed by atoms with Crippen LogP contribution < -0.4 is 5.32 Å². The van der Waals surface area contributed by atoms with Crippen molar-refractivity contribution < 1.29 is 0 Å². The second kappa shape index (κ2) is 7.42. The Morgan fingerprint density at radius 3 is 2.75 bits per heavy atom. The van der Waals surface area contributed by atoms with Crippen molar-refractivity contribution in [1.29, 1.82) is 5.26 Å². The molecule has 1 aromatic rings. The van der Waals surface area contributed by atoms with E-state index in [1.807, 2.05) is 18.2 Å². The Hall–Kier alpha value is -1.37. The molecule has 0 amide bonds. The molecule has 1 aromatic carbocycles. The minimum absolute atomic E-state index is 0.349. The average Bonchev–Trinajstić information content (AvgIpc) is 2.70. The molecule has 1 atom stereocenters. The second-order valence-corrected chi connectivity index (χ2v) is 5.73. The van der Waals surface area contributed by atoms with Crippen LogP contribution in [-0.2, 0) is 6.54 Å². The third-order valence-corrected chi connectivity index (χ3v) is 4.16. The van der Waals surface area contributed by atoms with Crippen molar-refractivity contribution in [2.45, 2.75) is 44.7 Å². The number of benzene rings is 1. The first-order chi connectivity index (χ1) is 9.78. The lowest BCUT2D eigenvalue weighted by Crippen LogP contribution is -2.44. The van der Waals surface area contributed by atoms with Crippen LogP contribution in [0.5, 0.6) is 0 Å². The maximum absolute atomic E-state index is 9.63. The van der Waals surface area contributed by atoms with Crippen molar-refractivity contribution >= 4 is 0 Å². The van der Waals surface area contributed by atoms with Gasteiger partial charge in [0.1, 0.15) is 5.54 Å². The van der Waals surface area contributed by atoms with E-state index in [2.05, 4.69) is 35.3 Å². The monoisotopic (exact) mass is 271 g/mol. The van der Waals surface area contributed by atoms with Crippen molar-refractivity contribution in [1.82, 2.24) is 10.2 Å². The molecule has 1 N–H and O–H groups in total. The smallest absolute Gasteiger partial charge is 0.108 e. The summed E-state index contributed by atoms with van der Waals surface area (Å²) in [7, 11) is 0. The van der Waals surface area contributed by atoms with Gasteiger partial charge in [-0.05, 0) is 44.3 Å². The van der Waals surface area contributed by atoms with E-state index in [1.54, 1.807) is 0 Å². The Balaban J connectivity index is 1.94. The second-order valence-electron chi connectivity index (χ2n) is 5.73. The molecule has 3 nitrogen and oxygen atoms in total. The Labute approximate surface area is 122 Å². The Bertz CT molecular complexity index is 437. The number of hydrogen-bond donors (Lipinski definition) is 1. The summed E-state index contributed by atoms with van der Waals surface area (Å²) in [6.07, 6.45) is 4.18. The highest BCUT2D eigenvalue weighted by atomic mass is 15.1. The van der Waals surface area contributed by atoms with Gasteiger partial charge in [0.2, 0.25) is 0 Å². The van der Waals surface area contributed by atoms with Gasteiger partial charge < -0.3 is 4.90 Å². The summed E-state index contributed by atoms with van der Waals surface area (Å²) >= 11 is 0. The maximum atomic E-state index is 9.63. The van der Waals surface area contributed by atoms with E-state index < -0.39 is 0 Å². The van der Waals surface area contributed by atoms with E-state index >= 15 is 0 Å². The van der Waals surface area contributed by atoms with Gasteiger partial charge in [0.25, 0.3) is 0 Å². The fourth-order valence-corrected chi connectivity index (χ4v) is 2.93. The van der Waals surface area contributed by atoms with Gasteiger partial charge in [-0.15, -0.1) is 0 Å². The summed E-state index contributed by atoms with van der Waals surface area (Å²) in [6, 6.07) is 12.9. The number of rotatable bonds is 5. The summed E-state index contributed by atoms with van der Waals surface area (Å²) in [5.74, 6) is 0. The summed E-state index contributed by atoms with van der Waals surface area (Å²) in [6.45, 7) is 6.31. The van der Waals surface area contributed by atoms with Crippen LogP contribution in [0.3, 0.4) is 0 Å². The van der Waals surface area contributed by atoms with E-state index in [0.29, 0.717) is 0 Å². The summed E-state index contributed by atoms with van der Waals surface area (Å²) in [4.78, 5) is 2.49. The van der Waals surface area contributed by atoms with Crippen molar-refractivity contribution in [2.75, 3.05) is 19.6 Å². The minimum Gasteiger partial charge on any atom is -0.303 e. The van der Waals surface area contributed by atoms with Gasteiger partial charge in [-0.25, -0.2) is 0 Å². The molecule has 0 aliphatic carbocycles. The molecule has 108 valence electrons. The first-order valence-corrected chi connectivity index (χ1v) is 7.70. The molecule has 1 unspecified atom stereocenters. The van der Waals surface area contributed by atoms with Crippen LogP contribution >= 0.6 is 0 Å². The van der Waals surface area contributed by atoms with Crippen LogP contribution in [0.4, 0.5) is 0 Å². The summed E-state index contributed by atoms with van der Waals surface area (Å²) < 4.78 is 0. The molecule has 1 heterocycles. The van der Waals surface area contributed by atoms with Gasteiger partial charge in [0.15, 0.2) is 0 Å². The topological polar surface area (TPSA) is 39.1 Å². The SMILES string of the molecule is CCCN1CCCC(C#N)(NCc2ccccc2)CC1. The molecular weight excluding hydrogens is 246 g/mol. The highest BCUT2D eigenvalue weighted by Gasteiger charge is 2.31. The van der Waals surface area contributed by atoms with E-state index in [1.165, 1.54) is 12.0 Å². The third-order valence-electron chi connectivity index (χ3n) is 4.16. The normalized spacial score (nSPS) is 24.0. The predicted octanol–water partition coefficient (Wildman–Crippen LogP) is 2.93. The van der Waals surface area contributed by atoms with Crippen LogP contribution in [0.2, 0.25) is 0 Å². The lowest BCUT2D eigenvalue weighted by molar-refractivity contribution is 0.275. The Kier molecular flexibility index (Phi) is 5.58. The van der Waals surface area contributed by atoms with Crippen molar-refractivity contribution in [3.8, 4) is 6.07 Å². The van der Waals surface area contributed by atoms with Crippen LogP contribution in [0.25, 0.3) is 0 Å². The third kappa shape index (κ3) is 4.06. The highest BCUT2D eigenvalue weighted by Crippen LogP contribution is 2.22. The molecule has 20 heavy (non-hydrogen) atoms. The lowest BCUT2D eigenvalue weighted by atomic mass is 9.92. The zero-order valence-electron chi connectivity index (χ0n) is 12.4. The standard InChI is InChI=1S/C17H25N3/c1-2-11-20-12-6-9-17(15-18,10-13-20)19-14-16-7-4-3-5-8-16/h3-5,7-8,19H,2,6,9-14H2,1H3. The van der Waals surface area contributed by atoms with Crippen molar-refractivity contribution in [2.24, 2.45) is 0 Å². The average molecular weight is 271 g/mol. The molecule has 0 bridgehead atoms. The number of nitrogens with one attached hydrogen (secondary N) is 1. The molecule has 0 radical (unpaired) electrons. The fraction of sp³-hybridized carbons (Fsp3) is 0.588. The van der Waals surface area contributed by atoms with E-state index in [4.69, 9.17) is 0 Å². The summed E-state index contributed by atoms with van der Waals surface area (Å²) in [5, 5.41) is 13.1. The van der Waals surface area contributed by atoms with E-state index in [-0.39, 0.29) is 5.54 Å². The molecule has 2 rings (SSSR count). The van der Waals surface area contributed by atoms with Gasteiger partial charge in [-0.3, -0.25) is 5.32 Å². The highest BCUT2D eigenvalue weighted by molar-refractivity contribution is 5.16. The largest absolute Gasteiger partial charge is 0.303 e. The number of nitrogens with zero attached hydrogens (tertiary/aromatic N) is 2. The first kappa shape index (κ1) is 15.0. The van der Waals surface area contributed by atoms with Gasteiger partial charge in [-0.2, -0.15) is 5.26 Å². The zero-order chi connectivity index (χ0) is 14.3. The molecule has 1 aliphatic rings. The predicted molar refractivity (Wildman–Crippen MR) is 82.2 cm³/mol. The molecule has 0 aromatic heterocycles. The minimum atomic E-state index is -0.349. The molecule has 0 spiro atoms. The summed E-state index contributed by atoms with van der Waals surface area (Å²) in [5.41, 5.74) is 0.898. The molecule has 3 heteroatoms. The van der Waals surface area contributed by atoms with Crippen molar-refractivity contribution in [3.63, 3.8) is 0 Å². The molecular formula is C17H25N3. The van der Waals surface area contributed by atoms with Gasteiger partial charge >= 0.3 is 0 Å². The van der Waals surface area contributed by atoms with E-state index in [9.17, 15) is 5.26 Å². The van der Waals surface area contributed by atoms with Crippen LogP contribution in [-0.4, -0.2) is 30.1 Å². The van der Waals surface area contributed by atoms with Gasteiger partial charge in [-0.1, -0.05) is 37.3 Å². The number of hydrogen-bond acceptors (Lipinski definition) is 3. The Morgan fingerprint density at radius 2 is 2.05 bits per heavy atom. The number of nitriles is 1. The van der Waals surface area contributed by atoms with Crippen LogP contribution in [0.1, 0.15) is 38.2 Å². The maximum Gasteiger partial charge on any atom is 0.108 e. The van der Waals surface area contributed by atoms with Crippen LogP contribution in [0, 0.1) is 11.3 Å². The first-order valence-electron chi connectivity index (χ1n) is 7.70. The molecule has 0 saturated carbocycles. The quantitative estimate of drug-likeness (QED) is 0.895. The van der Waals surface area contributed by atoms with Gasteiger partial charge in [0, 0.05) is 13.1 Å². The van der Waals surface area contributed by atoms with Gasteiger partial charge in [0.05, 0.1) is 6.07 Å². The van der Waals surface area contributed by atoms with Crippen LogP contribution in [0.15, 0.2) is 30.3 Å². The zero-order valence-corrected chi connectivity index (χ0v) is 12.4. The number of likely N-dealkylation sites (tertiary alicyclic amines) is 1. The Morgan fingerprint density at radius 1 is 1.25 bits per heavy atom. The molecule has 1 fully saturated rings. The molecule has 1 saturated heterocycles. The van der Waals surface area contributed by atoms with E-state index in [0.717, 1.165) is 45.4 Å². The van der Waals surface area contributed by atoms with Crippen molar-refractivity contribution in [3.05, 3.63) is 35.9 Å². The molecule has 1 aliphatic heterocycles. The fourth-order valence-electron chi connectivity index (χ4n) is 2.93.